The Morgan fingerprint density at radius 2 is 2.03 bits per heavy atom. The van der Waals surface area contributed by atoms with Gasteiger partial charge in [0.05, 0.1) is 15.3 Å². The highest BCUT2D eigenvalue weighted by atomic mass is 16.7. The Morgan fingerprint density at radius 1 is 1.17 bits per heavy atom. The number of carbonyl (C=O) groups excluding carboxylic acids is 2. The maximum absolute atomic E-state index is 13.6. The second-order valence-corrected chi connectivity index (χ2v) is 7.30. The van der Waals surface area contributed by atoms with Crippen molar-refractivity contribution >= 4 is 22.7 Å². The molecule has 1 fully saturated rings. The largest absolute Gasteiger partial charge is 0.454 e. The average Bonchev–Trinajstić information content (AvgIpc) is 3.39. The molecule has 0 spiro atoms. The smallest absolute Gasteiger partial charge is 0.245 e. The van der Waals surface area contributed by atoms with Gasteiger partial charge >= 0.3 is 0 Å². The Kier molecular flexibility index (Phi) is 2.42. The maximum Gasteiger partial charge on any atom is 0.245 e. The third kappa shape index (κ3) is 2.24. The van der Waals surface area contributed by atoms with Crippen molar-refractivity contribution in [3.63, 3.8) is 0 Å². The van der Waals surface area contributed by atoms with Gasteiger partial charge in [-0.15, -0.1) is 0 Å². The zero-order chi connectivity index (χ0) is 24.0. The molecule has 2 aromatic carbocycles. The molecular weight excluding hydrogens is 370 g/mol. The number of aromatic nitrogens is 1. The number of nitrogens with one attached hydrogen (secondary N) is 1. The van der Waals surface area contributed by atoms with Crippen LogP contribution in [0.1, 0.15) is 29.7 Å². The van der Waals surface area contributed by atoms with Crippen LogP contribution in [0.25, 0.3) is 10.9 Å². The van der Waals surface area contributed by atoms with Crippen LogP contribution in [0.5, 0.6) is 11.5 Å². The van der Waals surface area contributed by atoms with Crippen LogP contribution in [0.15, 0.2) is 42.5 Å². The Hall–Kier alpha value is -3.48. The maximum atomic E-state index is 13.6. The summed E-state index contributed by atoms with van der Waals surface area (Å²) in [7, 11) is 0. The number of amides is 2. The molecule has 3 aliphatic rings. The van der Waals surface area contributed by atoms with Crippen molar-refractivity contribution in [1.29, 1.82) is 0 Å². The fourth-order valence-electron chi connectivity index (χ4n) is 4.52. The number of para-hydroxylation sites is 1. The normalized spacial score (nSPS) is 27.5. The molecule has 1 aromatic heterocycles. The highest BCUT2D eigenvalue weighted by molar-refractivity contribution is 5.97. The molecule has 4 heterocycles. The zero-order valence-corrected chi connectivity index (χ0v) is 15.1. The Labute approximate surface area is 173 Å². The van der Waals surface area contributed by atoms with Crippen molar-refractivity contribution in [1.82, 2.24) is 14.8 Å². The summed E-state index contributed by atoms with van der Waals surface area (Å²) < 4.78 is 50.8. The first kappa shape index (κ1) is 12.2. The number of fused-ring (bicyclic) bond motifs is 5. The van der Waals surface area contributed by atoms with Gasteiger partial charge in [-0.3, -0.25) is 9.59 Å². The molecule has 7 nitrogen and oxygen atoms in total. The highest BCUT2D eigenvalue weighted by Gasteiger charge is 2.47. The number of piperazine rings is 1. The van der Waals surface area contributed by atoms with Crippen molar-refractivity contribution in [2.75, 3.05) is 20.3 Å². The van der Waals surface area contributed by atoms with Crippen molar-refractivity contribution in [2.24, 2.45) is 0 Å². The lowest BCUT2D eigenvalue weighted by atomic mass is 9.86. The molecule has 3 aliphatic heterocycles. The van der Waals surface area contributed by atoms with Crippen LogP contribution in [-0.4, -0.2) is 52.9 Å². The minimum Gasteiger partial charge on any atom is -0.454 e. The number of ether oxygens (including phenoxy) is 2. The zero-order valence-electron chi connectivity index (χ0n) is 20.1. The number of hydrogen-bond donors (Lipinski definition) is 1. The summed E-state index contributed by atoms with van der Waals surface area (Å²) >= 11 is 0. The monoisotopic (exact) mass is 394 g/mol. The number of rotatable bonds is 1. The number of hydrogen-bond acceptors (Lipinski definition) is 4. The van der Waals surface area contributed by atoms with Gasteiger partial charge in [0.15, 0.2) is 11.5 Å². The fourth-order valence-corrected chi connectivity index (χ4v) is 4.52. The average molecular weight is 394 g/mol. The number of carbonyl (C=O) groups is 2. The molecule has 0 bridgehead atoms. The van der Waals surface area contributed by atoms with Crippen molar-refractivity contribution in [2.45, 2.75) is 18.5 Å². The molecule has 3 aromatic rings. The van der Waals surface area contributed by atoms with E-state index in [-0.39, 0.29) is 18.1 Å². The Morgan fingerprint density at radius 3 is 2.93 bits per heavy atom. The molecule has 1 unspecified atom stereocenters. The van der Waals surface area contributed by atoms with E-state index < -0.39 is 37.4 Å². The summed E-state index contributed by atoms with van der Waals surface area (Å²) in [5, 5.41) is 0.858. The van der Waals surface area contributed by atoms with Gasteiger partial charge in [0.2, 0.25) is 18.6 Å². The number of aromatic amines is 1. The first-order valence-electron chi connectivity index (χ1n) is 11.7. The third-order valence-electron chi connectivity index (χ3n) is 5.79. The quantitative estimate of drug-likeness (QED) is 0.687. The van der Waals surface area contributed by atoms with Gasteiger partial charge in [0.1, 0.15) is 6.04 Å². The fraction of sp³-hybridized carbons (Fsp3) is 0.273. The molecule has 2 amide bonds. The number of benzene rings is 2. The van der Waals surface area contributed by atoms with Crippen LogP contribution < -0.4 is 9.47 Å². The first-order valence-corrected chi connectivity index (χ1v) is 9.25. The van der Waals surface area contributed by atoms with Crippen molar-refractivity contribution in [3.8, 4) is 11.5 Å². The first-order chi connectivity index (χ1) is 16.1. The molecule has 0 aliphatic carbocycles. The van der Waals surface area contributed by atoms with Crippen LogP contribution >= 0.6 is 0 Å². The van der Waals surface area contributed by atoms with E-state index in [9.17, 15) is 9.59 Å². The van der Waals surface area contributed by atoms with E-state index in [1.807, 2.05) is 24.3 Å². The lowest BCUT2D eigenvalue weighted by Crippen LogP contribution is -2.62. The van der Waals surface area contributed by atoms with Crippen LogP contribution in [0, 0.1) is 0 Å². The third-order valence-corrected chi connectivity index (χ3v) is 5.79. The molecule has 0 radical (unpaired) electrons. The van der Waals surface area contributed by atoms with Gasteiger partial charge in [-0.1, -0.05) is 24.3 Å². The second-order valence-electron chi connectivity index (χ2n) is 7.30. The molecule has 29 heavy (non-hydrogen) atoms. The summed E-state index contributed by atoms with van der Waals surface area (Å²) in [5.74, 6) is -1.02. The van der Waals surface area contributed by atoms with E-state index in [2.05, 4.69) is 4.98 Å². The lowest BCUT2D eigenvalue weighted by Gasteiger charge is -2.46. The van der Waals surface area contributed by atoms with Crippen molar-refractivity contribution in [3.05, 3.63) is 59.3 Å². The number of nitrogens with zero attached hydrogens (tertiary/aromatic N) is 2. The summed E-state index contributed by atoms with van der Waals surface area (Å²) in [4.78, 5) is 31.7. The van der Waals surface area contributed by atoms with Crippen LogP contribution in [0.4, 0.5) is 0 Å². The predicted molar refractivity (Wildman–Crippen MR) is 105 cm³/mol. The molecule has 0 saturated carbocycles. The highest BCUT2D eigenvalue weighted by Crippen LogP contribution is 2.44. The van der Waals surface area contributed by atoms with Gasteiger partial charge in [-0.05, 0) is 29.3 Å². The molecule has 6 rings (SSSR count). The van der Waals surface area contributed by atoms with Gasteiger partial charge in [-0.25, -0.2) is 0 Å². The van der Waals surface area contributed by atoms with E-state index in [4.69, 9.17) is 16.3 Å². The Bertz CT molecular complexity index is 1370. The van der Waals surface area contributed by atoms with Gasteiger partial charge < -0.3 is 24.3 Å². The summed E-state index contributed by atoms with van der Waals surface area (Å²) in [6, 6.07) is 10.6. The van der Waals surface area contributed by atoms with E-state index >= 15 is 0 Å². The van der Waals surface area contributed by atoms with E-state index in [1.54, 1.807) is 18.2 Å². The molecule has 146 valence electrons. The summed E-state index contributed by atoms with van der Waals surface area (Å²) in [6.45, 7) is -6.10. The van der Waals surface area contributed by atoms with Crippen molar-refractivity contribution < 1.29 is 25.9 Å². The minimum atomic E-state index is -3.11. The lowest BCUT2D eigenvalue weighted by molar-refractivity contribution is -0.157. The van der Waals surface area contributed by atoms with E-state index in [1.165, 1.54) is 4.90 Å². The molecule has 7 heteroatoms. The molecular formula is C22H19N3O4. The summed E-state index contributed by atoms with van der Waals surface area (Å²) in [6.07, 6.45) is 0.0631. The van der Waals surface area contributed by atoms with E-state index in [0.29, 0.717) is 22.8 Å². The molecule has 1 N–H and O–H groups in total. The van der Waals surface area contributed by atoms with Crippen LogP contribution in [-0.2, 0) is 16.0 Å². The SMILES string of the molecule is [2H]C([2H])([2H])N1C(=O)[C@H]2Cc3c([nH]c4ccccc34)C(c3ccc4c(c3)OCO4)N2C(=O)C1([2H])[2H]. The molecule has 2 atom stereocenters. The predicted octanol–water partition coefficient (Wildman–Crippen LogP) is 2.21. The Balaban J connectivity index is 1.59. The topological polar surface area (TPSA) is 74.9 Å². The van der Waals surface area contributed by atoms with Gasteiger partial charge in [0.25, 0.3) is 0 Å². The second kappa shape index (κ2) is 5.76. The minimum absolute atomic E-state index is 0.0565. The standard InChI is InChI=1S/C22H19N3O4/c1-24-10-19(26)25-16(22(24)27)9-14-13-4-2-3-5-15(13)23-20(14)21(25)12-6-7-17-18(8-12)29-11-28-17/h2-8,16,21,23H,9-11H2,1H3/t16-,21?/m1/s1/i1D3,10D2. The van der Waals surface area contributed by atoms with Crippen LogP contribution in [0.3, 0.4) is 0 Å². The van der Waals surface area contributed by atoms with Gasteiger partial charge in [0, 0.05) is 34.1 Å². The van der Waals surface area contributed by atoms with Crippen LogP contribution in [0.2, 0.25) is 0 Å². The number of likely N-dealkylation sites (N-methyl/N-ethyl adjacent to an activating group) is 1. The van der Waals surface area contributed by atoms with E-state index in [0.717, 1.165) is 16.5 Å². The number of H-pyrrole nitrogens is 1. The summed E-state index contributed by atoms with van der Waals surface area (Å²) in [5.41, 5.74) is 2.82. The molecule has 1 saturated heterocycles. The van der Waals surface area contributed by atoms with Gasteiger partial charge in [-0.2, -0.15) is 0 Å².